The van der Waals surface area contributed by atoms with E-state index in [0.29, 0.717) is 0 Å². The summed E-state index contributed by atoms with van der Waals surface area (Å²) < 4.78 is 10.2. The quantitative estimate of drug-likeness (QED) is 0.175. The highest BCUT2D eigenvalue weighted by atomic mass is 32.2. The predicted molar refractivity (Wildman–Crippen MR) is 308 cm³/mol. The van der Waals surface area contributed by atoms with Crippen molar-refractivity contribution in [2.45, 2.75) is 26.7 Å². The Hall–Kier alpha value is -8.41. The highest BCUT2D eigenvalue weighted by Crippen LogP contribution is 2.65. The Morgan fingerprint density at radius 2 is 1.03 bits per heavy atom. The molecule has 0 N–H and O–H groups in total. The molecule has 0 amide bonds. The lowest BCUT2D eigenvalue weighted by Crippen LogP contribution is -2.48. The number of rotatable bonds is 3. The minimum atomic E-state index is -0.565. The lowest BCUT2D eigenvalue weighted by atomic mass is 9.59. The summed E-state index contributed by atoms with van der Waals surface area (Å²) in [5.74, 6) is 0.932. The van der Waals surface area contributed by atoms with Gasteiger partial charge in [0.15, 0.2) is 0 Å². The summed E-state index contributed by atoms with van der Waals surface area (Å²) in [5.41, 5.74) is 16.7. The number of thiophene rings is 1. The third kappa shape index (κ3) is 5.26. The van der Waals surface area contributed by atoms with Crippen molar-refractivity contribution in [2.75, 3.05) is 4.90 Å². The second-order valence-electron chi connectivity index (χ2n) is 20.5. The van der Waals surface area contributed by atoms with Crippen LogP contribution in [0.2, 0.25) is 0 Å². The molecular weight excluding hydrogens is 935 g/mol. The molecule has 3 aliphatic carbocycles. The van der Waals surface area contributed by atoms with Gasteiger partial charge in [-0.15, -0.1) is 11.3 Å². The second-order valence-corrected chi connectivity index (χ2v) is 22.7. The summed E-state index contributed by atoms with van der Waals surface area (Å²) in [6.45, 7) is 0. The van der Waals surface area contributed by atoms with Gasteiger partial charge in [-0.3, -0.25) is 0 Å². The fraction of sp³-hybridized carbons (Fsp3) is 0.0571. The lowest BCUT2D eigenvalue weighted by molar-refractivity contribution is 0.143. The van der Waals surface area contributed by atoms with E-state index in [2.05, 4.69) is 254 Å². The summed E-state index contributed by atoms with van der Waals surface area (Å²) in [7, 11) is 0. The topological polar surface area (TPSA) is 12.5 Å². The van der Waals surface area contributed by atoms with Gasteiger partial charge in [0.05, 0.1) is 16.5 Å². The largest absolute Gasteiger partial charge is 0.485 e. The number of hydrogen-bond donors (Lipinski definition) is 0. The molecule has 2 spiro atoms. The number of hydrogen-bond acceptors (Lipinski definition) is 4. The third-order valence-corrected chi connectivity index (χ3v) is 19.4. The van der Waals surface area contributed by atoms with Crippen molar-refractivity contribution in [3.05, 3.63) is 293 Å². The van der Waals surface area contributed by atoms with E-state index in [4.69, 9.17) is 4.74 Å². The van der Waals surface area contributed by atoms with Gasteiger partial charge in [0.1, 0.15) is 11.9 Å². The second kappa shape index (κ2) is 15.1. The molecule has 2 nitrogen and oxygen atoms in total. The number of ether oxygens (including phenoxy) is 1. The number of anilines is 2. The molecule has 0 saturated heterocycles. The maximum atomic E-state index is 7.62. The van der Waals surface area contributed by atoms with Gasteiger partial charge in [0.25, 0.3) is 0 Å². The van der Waals surface area contributed by atoms with Gasteiger partial charge in [0, 0.05) is 58.2 Å². The van der Waals surface area contributed by atoms with Gasteiger partial charge in [0.2, 0.25) is 0 Å². The van der Waals surface area contributed by atoms with Crippen LogP contribution in [0.15, 0.2) is 264 Å². The van der Waals surface area contributed by atoms with Crippen LogP contribution in [0, 0.1) is 5.92 Å². The van der Waals surface area contributed by atoms with E-state index in [1.165, 1.54) is 107 Å². The molecule has 2 unspecified atom stereocenters. The van der Waals surface area contributed by atoms with Crippen molar-refractivity contribution >= 4 is 76.2 Å². The zero-order chi connectivity index (χ0) is 48.3. The molecule has 0 bridgehead atoms. The van der Waals surface area contributed by atoms with E-state index in [0.717, 1.165) is 28.2 Å². The SMILES string of the molecule is C1=CC2C(C=C1N(c1ccc3c(c1)C1(c4cc5ccccc5cc4S3)c3ccccc3-c3ccccc31)c1cccc3sc4ccccc4c13)Oc1c(ccc3ccccc13)C21c2ccccc2-c2ccccc21. The molecule has 0 radical (unpaired) electrons. The van der Waals surface area contributed by atoms with E-state index in [-0.39, 0.29) is 12.0 Å². The average Bonchev–Trinajstić information content (AvgIpc) is 4.14. The van der Waals surface area contributed by atoms with Crippen molar-refractivity contribution in [2.24, 2.45) is 5.92 Å². The van der Waals surface area contributed by atoms with E-state index in [1.54, 1.807) is 0 Å². The number of nitrogens with zero attached hydrogens (tertiary/aromatic N) is 1. The van der Waals surface area contributed by atoms with Gasteiger partial charge < -0.3 is 9.64 Å². The molecule has 2 atom stereocenters. The first-order valence-corrected chi connectivity index (χ1v) is 27.3. The standard InChI is InChI=1S/C70H43NOS2/c1-2-18-44-39-66-59(38-43(44)17-1)70(55-27-12-7-22-50(55)51-23-8-13-28-56(51)70)60-40-45(34-37-64(60)74-66)71(61-29-15-31-65-67(61)52-24-9-14-30-63(52)73-65)46-33-36-57-62(41-46)72-68-47-19-4-3-16-42(47)32-35-58(68)69(57)53-25-10-5-20-48(53)49-21-6-11-26-54(49)69/h1-41,57,62H. The van der Waals surface area contributed by atoms with Crippen LogP contribution in [0.5, 0.6) is 5.75 Å². The van der Waals surface area contributed by atoms with Gasteiger partial charge in [-0.25, -0.2) is 0 Å². The van der Waals surface area contributed by atoms with E-state index < -0.39 is 10.8 Å². The van der Waals surface area contributed by atoms with Crippen LogP contribution in [-0.2, 0) is 10.8 Å². The molecule has 3 heterocycles. The molecular formula is C70H43NOS2. The monoisotopic (exact) mass is 977 g/mol. The summed E-state index contributed by atoms with van der Waals surface area (Å²) in [6, 6.07) is 86.8. The van der Waals surface area contributed by atoms with Crippen molar-refractivity contribution in [3.8, 4) is 28.0 Å². The summed E-state index contributed by atoms with van der Waals surface area (Å²) in [6.07, 6.45) is 7.07. The zero-order valence-electron chi connectivity index (χ0n) is 40.0. The number of fused-ring (bicyclic) bond motifs is 24. The van der Waals surface area contributed by atoms with Crippen molar-refractivity contribution in [3.63, 3.8) is 0 Å². The van der Waals surface area contributed by atoms with Crippen LogP contribution in [0.3, 0.4) is 0 Å². The Labute approximate surface area is 437 Å². The molecule has 2 aliphatic heterocycles. The molecule has 74 heavy (non-hydrogen) atoms. The number of allylic oxidation sites excluding steroid dienone is 1. The van der Waals surface area contributed by atoms with Crippen molar-refractivity contribution < 1.29 is 4.74 Å². The van der Waals surface area contributed by atoms with Gasteiger partial charge >= 0.3 is 0 Å². The molecule has 12 aromatic rings. The Balaban J connectivity index is 0.936. The minimum Gasteiger partial charge on any atom is -0.485 e. The van der Waals surface area contributed by atoms with Gasteiger partial charge in [-0.05, 0) is 132 Å². The Morgan fingerprint density at radius 3 is 1.77 bits per heavy atom. The molecule has 4 heteroatoms. The summed E-state index contributed by atoms with van der Waals surface area (Å²) >= 11 is 3.78. The first-order chi connectivity index (χ1) is 36.7. The van der Waals surface area contributed by atoms with Gasteiger partial charge in [-0.1, -0.05) is 200 Å². The highest BCUT2D eigenvalue weighted by molar-refractivity contribution is 7.99. The fourth-order valence-electron chi connectivity index (χ4n) is 14.3. The summed E-state index contributed by atoms with van der Waals surface area (Å²) in [5, 5.41) is 7.36. The van der Waals surface area contributed by atoms with Crippen LogP contribution in [0.1, 0.15) is 38.9 Å². The van der Waals surface area contributed by atoms with E-state index >= 15 is 0 Å². The first kappa shape index (κ1) is 41.1. The Bertz CT molecular complexity index is 4410. The highest BCUT2D eigenvalue weighted by Gasteiger charge is 2.57. The van der Waals surface area contributed by atoms with E-state index in [1.807, 2.05) is 23.1 Å². The van der Waals surface area contributed by atoms with Crippen molar-refractivity contribution in [1.82, 2.24) is 0 Å². The first-order valence-electron chi connectivity index (χ1n) is 25.7. The maximum Gasteiger partial charge on any atom is 0.132 e. The summed E-state index contributed by atoms with van der Waals surface area (Å²) in [4.78, 5) is 5.13. The maximum absolute atomic E-state index is 7.62. The average molecular weight is 978 g/mol. The fourth-order valence-corrected chi connectivity index (χ4v) is 16.6. The molecule has 1 aromatic heterocycles. The molecule has 0 fully saturated rings. The van der Waals surface area contributed by atoms with E-state index in [9.17, 15) is 0 Å². The molecule has 0 saturated carbocycles. The Morgan fingerprint density at radius 1 is 0.432 bits per heavy atom. The van der Waals surface area contributed by atoms with Crippen LogP contribution in [0.25, 0.3) is 64.0 Å². The number of benzene rings is 11. The van der Waals surface area contributed by atoms with Crippen LogP contribution < -0.4 is 9.64 Å². The molecule has 346 valence electrons. The molecule has 11 aromatic carbocycles. The smallest absolute Gasteiger partial charge is 0.132 e. The Kier molecular flexibility index (Phi) is 8.38. The minimum absolute atomic E-state index is 0.0367. The molecule has 5 aliphatic rings. The van der Waals surface area contributed by atoms with Crippen LogP contribution in [0.4, 0.5) is 11.4 Å². The van der Waals surface area contributed by atoms with Crippen LogP contribution in [-0.4, -0.2) is 6.10 Å². The van der Waals surface area contributed by atoms with Crippen LogP contribution >= 0.6 is 23.1 Å². The third-order valence-electron chi connectivity index (χ3n) is 17.1. The normalized spacial score (nSPS) is 17.5. The predicted octanol–water partition coefficient (Wildman–Crippen LogP) is 18.2. The lowest BCUT2D eigenvalue weighted by Gasteiger charge is -2.48. The van der Waals surface area contributed by atoms with Gasteiger partial charge in [-0.2, -0.15) is 0 Å². The van der Waals surface area contributed by atoms with Crippen molar-refractivity contribution in [1.29, 1.82) is 0 Å². The zero-order valence-corrected chi connectivity index (χ0v) is 41.6. The molecule has 17 rings (SSSR count).